The molecule has 0 atom stereocenters. The lowest BCUT2D eigenvalue weighted by Gasteiger charge is -2.38. The predicted molar refractivity (Wildman–Crippen MR) is 150 cm³/mol. The molecule has 0 heterocycles. The van der Waals surface area contributed by atoms with Crippen LogP contribution >= 0.6 is 0 Å². The first-order valence-corrected chi connectivity index (χ1v) is 12.7. The fourth-order valence-corrected chi connectivity index (χ4v) is 4.79. The molecule has 0 unspecified atom stereocenters. The Morgan fingerprint density at radius 1 is 0.658 bits per heavy atom. The topological polar surface area (TPSA) is 72.5 Å². The Morgan fingerprint density at radius 2 is 1.00 bits per heavy atom. The molecule has 1 fully saturated rings. The Hall–Kier alpha value is -3.61. The van der Waals surface area contributed by atoms with Crippen LogP contribution in [0.2, 0.25) is 0 Å². The number of ether oxygens (including phenoxy) is 6. The molecule has 0 aliphatic heterocycles. The molecule has 38 heavy (non-hydrogen) atoms. The van der Waals surface area contributed by atoms with Crippen molar-refractivity contribution in [3.05, 3.63) is 46.5 Å². The van der Waals surface area contributed by atoms with Gasteiger partial charge in [0.1, 0.15) is 11.5 Å². The summed E-state index contributed by atoms with van der Waals surface area (Å²) in [7, 11) is 9.54. The van der Waals surface area contributed by atoms with Crippen LogP contribution in [0.4, 0.5) is 0 Å². The molecule has 1 aliphatic rings. The maximum absolute atomic E-state index is 13.9. The molecule has 0 radical (unpaired) electrons. The van der Waals surface area contributed by atoms with Crippen molar-refractivity contribution >= 4 is 17.9 Å². The van der Waals surface area contributed by atoms with E-state index in [9.17, 15) is 4.79 Å². The number of hydrogen-bond donors (Lipinski definition) is 0. The van der Waals surface area contributed by atoms with Crippen molar-refractivity contribution in [2.45, 2.75) is 40.0 Å². The highest BCUT2D eigenvalue weighted by Crippen LogP contribution is 2.46. The van der Waals surface area contributed by atoms with E-state index in [0.717, 1.165) is 28.7 Å². The van der Waals surface area contributed by atoms with Crippen LogP contribution in [0.25, 0.3) is 12.2 Å². The summed E-state index contributed by atoms with van der Waals surface area (Å²) < 4.78 is 33.1. The van der Waals surface area contributed by atoms with Gasteiger partial charge in [0.25, 0.3) is 0 Å². The standard InChI is InChI=1S/C31H40O7/c1-10-31(2,3)23-13-21(11-19-15-26(35-6)28(37-8)17-24(19)33-4)30(32)22(14-23)12-20-16-27(36-7)29(38-9)18-25(20)34-5/h11-12,15-18,23H,10,13-14H2,1-9H3/b21-11+,22-12+. The van der Waals surface area contributed by atoms with Crippen LogP contribution in [0.3, 0.4) is 0 Å². The van der Waals surface area contributed by atoms with E-state index in [1.54, 1.807) is 54.8 Å². The van der Waals surface area contributed by atoms with Crippen molar-refractivity contribution in [2.24, 2.45) is 11.3 Å². The Morgan fingerprint density at radius 3 is 1.32 bits per heavy atom. The number of carbonyl (C=O) groups is 1. The maximum atomic E-state index is 13.9. The van der Waals surface area contributed by atoms with Gasteiger partial charge in [0, 0.05) is 34.4 Å². The lowest BCUT2D eigenvalue weighted by Crippen LogP contribution is -2.30. The third-order valence-corrected chi connectivity index (χ3v) is 7.66. The van der Waals surface area contributed by atoms with E-state index in [2.05, 4.69) is 20.8 Å². The molecule has 7 nitrogen and oxygen atoms in total. The van der Waals surface area contributed by atoms with Gasteiger partial charge in [-0.2, -0.15) is 0 Å². The maximum Gasteiger partial charge on any atom is 0.185 e. The number of ketones is 1. The average molecular weight is 525 g/mol. The van der Waals surface area contributed by atoms with Crippen molar-refractivity contribution in [1.82, 2.24) is 0 Å². The second kappa shape index (κ2) is 12.3. The Labute approximate surface area is 226 Å². The van der Waals surface area contributed by atoms with E-state index in [-0.39, 0.29) is 17.1 Å². The number of hydrogen-bond acceptors (Lipinski definition) is 7. The third-order valence-electron chi connectivity index (χ3n) is 7.66. The molecule has 0 bridgehead atoms. The number of Topliss-reactive ketones (excluding diaryl/α,β-unsaturated/α-hetero) is 1. The van der Waals surface area contributed by atoms with Gasteiger partial charge in [0.15, 0.2) is 28.8 Å². The first-order chi connectivity index (χ1) is 18.2. The van der Waals surface area contributed by atoms with Crippen molar-refractivity contribution in [3.63, 3.8) is 0 Å². The van der Waals surface area contributed by atoms with E-state index >= 15 is 0 Å². The third kappa shape index (κ3) is 5.93. The molecule has 0 saturated heterocycles. The van der Waals surface area contributed by atoms with Gasteiger partial charge in [-0.15, -0.1) is 0 Å². The molecule has 0 spiro atoms. The summed E-state index contributed by atoms with van der Waals surface area (Å²) in [5.74, 6) is 3.74. The Bertz CT molecular complexity index is 1140. The molecule has 0 aromatic heterocycles. The van der Waals surface area contributed by atoms with Crippen LogP contribution < -0.4 is 28.4 Å². The summed E-state index contributed by atoms with van der Waals surface area (Å²) in [4.78, 5) is 13.9. The lowest BCUT2D eigenvalue weighted by molar-refractivity contribution is -0.113. The van der Waals surface area contributed by atoms with Gasteiger partial charge in [-0.25, -0.2) is 0 Å². The van der Waals surface area contributed by atoms with Crippen LogP contribution in [0.15, 0.2) is 35.4 Å². The zero-order valence-corrected chi connectivity index (χ0v) is 24.0. The highest BCUT2D eigenvalue weighted by Gasteiger charge is 2.36. The zero-order valence-electron chi connectivity index (χ0n) is 24.0. The van der Waals surface area contributed by atoms with Crippen LogP contribution in [0, 0.1) is 11.3 Å². The minimum Gasteiger partial charge on any atom is -0.496 e. The first-order valence-electron chi connectivity index (χ1n) is 12.7. The van der Waals surface area contributed by atoms with Crippen molar-refractivity contribution in [1.29, 1.82) is 0 Å². The lowest BCUT2D eigenvalue weighted by atomic mass is 9.66. The number of carbonyl (C=O) groups excluding carboxylic acids is 1. The number of rotatable bonds is 10. The highest BCUT2D eigenvalue weighted by atomic mass is 16.5. The summed E-state index contributed by atoms with van der Waals surface area (Å²) in [5.41, 5.74) is 2.98. The minimum atomic E-state index is 0.00169. The average Bonchev–Trinajstić information content (AvgIpc) is 2.94. The SMILES string of the molecule is CCC(C)(C)C1C/C(=C\c2cc(OC)c(OC)cc2OC)C(=O)/C(=C/c2cc(OC)c(OC)cc2OC)C1. The molecular formula is C31H40O7. The largest absolute Gasteiger partial charge is 0.496 e. The van der Waals surface area contributed by atoms with Gasteiger partial charge < -0.3 is 28.4 Å². The molecule has 7 heteroatoms. The van der Waals surface area contributed by atoms with Gasteiger partial charge in [-0.3, -0.25) is 4.79 Å². The Balaban J connectivity index is 2.18. The fraction of sp³-hybridized carbons (Fsp3) is 0.452. The van der Waals surface area contributed by atoms with Gasteiger partial charge in [0.05, 0.1) is 42.7 Å². The second-order valence-corrected chi connectivity index (χ2v) is 10.0. The fourth-order valence-electron chi connectivity index (χ4n) is 4.79. The van der Waals surface area contributed by atoms with Crippen LogP contribution in [0.5, 0.6) is 34.5 Å². The summed E-state index contributed by atoms with van der Waals surface area (Å²) in [6, 6.07) is 7.23. The van der Waals surface area contributed by atoms with Gasteiger partial charge >= 0.3 is 0 Å². The van der Waals surface area contributed by atoms with Crippen molar-refractivity contribution in [3.8, 4) is 34.5 Å². The molecule has 1 aliphatic carbocycles. The molecular weight excluding hydrogens is 484 g/mol. The first kappa shape index (κ1) is 29.0. The molecule has 206 valence electrons. The van der Waals surface area contributed by atoms with Crippen molar-refractivity contribution in [2.75, 3.05) is 42.7 Å². The summed E-state index contributed by atoms with van der Waals surface area (Å²) >= 11 is 0. The minimum absolute atomic E-state index is 0.00169. The van der Waals surface area contributed by atoms with Crippen LogP contribution in [-0.4, -0.2) is 48.4 Å². The highest BCUT2D eigenvalue weighted by molar-refractivity contribution is 6.14. The van der Waals surface area contributed by atoms with E-state index in [1.807, 2.05) is 24.3 Å². The summed E-state index contributed by atoms with van der Waals surface area (Å²) in [5, 5.41) is 0. The van der Waals surface area contributed by atoms with E-state index in [0.29, 0.717) is 47.3 Å². The molecule has 2 aromatic carbocycles. The molecule has 0 amide bonds. The second-order valence-electron chi connectivity index (χ2n) is 10.0. The van der Waals surface area contributed by atoms with Gasteiger partial charge in [0.2, 0.25) is 0 Å². The van der Waals surface area contributed by atoms with Crippen LogP contribution in [-0.2, 0) is 4.79 Å². The number of benzene rings is 2. The Kier molecular flexibility index (Phi) is 9.36. The molecule has 1 saturated carbocycles. The normalized spacial score (nSPS) is 17.9. The monoisotopic (exact) mass is 524 g/mol. The van der Waals surface area contributed by atoms with E-state index in [1.165, 1.54) is 0 Å². The molecule has 3 rings (SSSR count). The molecule has 2 aromatic rings. The zero-order chi connectivity index (χ0) is 28.0. The molecule has 0 N–H and O–H groups in total. The quantitative estimate of drug-likeness (QED) is 0.323. The van der Waals surface area contributed by atoms with E-state index in [4.69, 9.17) is 28.4 Å². The van der Waals surface area contributed by atoms with Crippen molar-refractivity contribution < 1.29 is 33.2 Å². The predicted octanol–water partition coefficient (Wildman–Crippen LogP) is 6.62. The summed E-state index contributed by atoms with van der Waals surface area (Å²) in [6.45, 7) is 6.71. The smallest absolute Gasteiger partial charge is 0.185 e. The van der Waals surface area contributed by atoms with Gasteiger partial charge in [-0.05, 0) is 48.5 Å². The van der Waals surface area contributed by atoms with Gasteiger partial charge in [-0.1, -0.05) is 27.2 Å². The summed E-state index contributed by atoms with van der Waals surface area (Å²) in [6.07, 6.45) is 6.16. The van der Waals surface area contributed by atoms with E-state index < -0.39 is 0 Å². The van der Waals surface area contributed by atoms with Crippen LogP contribution in [0.1, 0.15) is 51.2 Å². The number of allylic oxidation sites excluding steroid dienone is 2. The number of methoxy groups -OCH3 is 6.